The number of rotatable bonds is 3. The van der Waals surface area contributed by atoms with Crippen molar-refractivity contribution in [1.82, 2.24) is 10.2 Å². The number of carbonyl (C=O) groups excluding carboxylic acids is 1. The Morgan fingerprint density at radius 3 is 2.48 bits per heavy atom. The monoisotopic (exact) mass is 358 g/mol. The second-order valence-corrected chi connectivity index (χ2v) is 10.5. The largest absolute Gasteiger partial charge is 0.444 e. The fourth-order valence-corrected chi connectivity index (χ4v) is 6.53. The lowest BCUT2D eigenvalue weighted by Gasteiger charge is -2.40. The summed E-state index contributed by atoms with van der Waals surface area (Å²) < 4.78 is 5.61. The summed E-state index contributed by atoms with van der Waals surface area (Å²) in [6.45, 7) is 6.96. The van der Waals surface area contributed by atoms with Gasteiger partial charge in [0, 0.05) is 47.2 Å². The molecule has 1 amide bonds. The standard InChI is InChI=1S/C17H30N2O2S2/c1-17(2,3)21-16(20)19-13-4-5-14(19)9-12(8-13)18-10-15-11-22-6-7-23-15/h12-15,18H,4-11H2,1-3H3. The van der Waals surface area contributed by atoms with Crippen molar-refractivity contribution < 1.29 is 9.53 Å². The zero-order valence-electron chi connectivity index (χ0n) is 14.5. The molecule has 132 valence electrons. The molecule has 0 saturated carbocycles. The normalized spacial score (nSPS) is 34.5. The van der Waals surface area contributed by atoms with Gasteiger partial charge in [0.2, 0.25) is 0 Å². The minimum Gasteiger partial charge on any atom is -0.444 e. The summed E-state index contributed by atoms with van der Waals surface area (Å²) in [5.41, 5.74) is -0.401. The molecule has 2 bridgehead atoms. The summed E-state index contributed by atoms with van der Waals surface area (Å²) in [5.74, 6) is 3.88. The number of nitrogens with one attached hydrogen (secondary N) is 1. The first kappa shape index (κ1) is 17.7. The Bertz CT molecular complexity index is 407. The summed E-state index contributed by atoms with van der Waals surface area (Å²) in [6, 6.07) is 1.31. The first-order valence-electron chi connectivity index (χ1n) is 8.86. The Balaban J connectivity index is 1.49. The molecule has 3 atom stereocenters. The molecule has 6 heteroatoms. The average Bonchev–Trinajstić information content (AvgIpc) is 2.76. The topological polar surface area (TPSA) is 41.6 Å². The highest BCUT2D eigenvalue weighted by Gasteiger charge is 2.44. The van der Waals surface area contributed by atoms with E-state index in [1.807, 2.05) is 25.7 Å². The van der Waals surface area contributed by atoms with E-state index in [2.05, 4.69) is 28.8 Å². The van der Waals surface area contributed by atoms with Crippen LogP contribution in [0, 0.1) is 0 Å². The van der Waals surface area contributed by atoms with Gasteiger partial charge in [-0.1, -0.05) is 0 Å². The van der Waals surface area contributed by atoms with E-state index in [0.717, 1.165) is 37.5 Å². The zero-order chi connectivity index (χ0) is 16.4. The summed E-state index contributed by atoms with van der Waals surface area (Å²) in [4.78, 5) is 14.5. The molecule has 3 saturated heterocycles. The van der Waals surface area contributed by atoms with E-state index >= 15 is 0 Å². The number of hydrogen-bond donors (Lipinski definition) is 1. The predicted molar refractivity (Wildman–Crippen MR) is 99.5 cm³/mol. The van der Waals surface area contributed by atoms with Crippen molar-refractivity contribution in [3.8, 4) is 0 Å². The van der Waals surface area contributed by atoms with E-state index < -0.39 is 5.60 Å². The smallest absolute Gasteiger partial charge is 0.410 e. The number of thioether (sulfide) groups is 2. The van der Waals surface area contributed by atoms with Gasteiger partial charge in [-0.2, -0.15) is 23.5 Å². The maximum absolute atomic E-state index is 12.5. The van der Waals surface area contributed by atoms with Crippen molar-refractivity contribution in [2.24, 2.45) is 0 Å². The Morgan fingerprint density at radius 1 is 1.22 bits per heavy atom. The quantitative estimate of drug-likeness (QED) is 0.838. The van der Waals surface area contributed by atoms with Gasteiger partial charge in [-0.15, -0.1) is 0 Å². The van der Waals surface area contributed by atoms with Gasteiger partial charge in [-0.25, -0.2) is 4.79 Å². The molecule has 0 aromatic heterocycles. The van der Waals surface area contributed by atoms with Crippen LogP contribution in [0.25, 0.3) is 0 Å². The van der Waals surface area contributed by atoms with E-state index in [-0.39, 0.29) is 6.09 Å². The Labute approximate surface area is 148 Å². The molecule has 3 aliphatic rings. The van der Waals surface area contributed by atoms with Crippen molar-refractivity contribution in [3.05, 3.63) is 0 Å². The molecular weight excluding hydrogens is 328 g/mol. The highest BCUT2D eigenvalue weighted by Crippen LogP contribution is 2.37. The summed E-state index contributed by atoms with van der Waals surface area (Å²) in [6.07, 6.45) is 4.33. The van der Waals surface area contributed by atoms with Gasteiger partial charge in [0.05, 0.1) is 0 Å². The fraction of sp³-hybridized carbons (Fsp3) is 0.941. The molecule has 3 fully saturated rings. The van der Waals surface area contributed by atoms with Crippen molar-refractivity contribution in [2.75, 3.05) is 23.8 Å². The summed E-state index contributed by atoms with van der Waals surface area (Å²) in [5, 5.41) is 4.55. The van der Waals surface area contributed by atoms with Gasteiger partial charge in [0.15, 0.2) is 0 Å². The van der Waals surface area contributed by atoms with Crippen LogP contribution in [-0.4, -0.2) is 63.8 Å². The maximum Gasteiger partial charge on any atom is 0.410 e. The fourth-order valence-electron chi connectivity index (χ4n) is 3.91. The number of carbonyl (C=O) groups is 1. The molecule has 1 N–H and O–H groups in total. The number of piperidine rings is 1. The average molecular weight is 359 g/mol. The van der Waals surface area contributed by atoms with E-state index in [1.54, 1.807) is 0 Å². The van der Waals surface area contributed by atoms with Crippen LogP contribution >= 0.6 is 23.5 Å². The first-order chi connectivity index (χ1) is 10.9. The Morgan fingerprint density at radius 2 is 1.91 bits per heavy atom. The molecule has 3 heterocycles. The highest BCUT2D eigenvalue weighted by atomic mass is 32.2. The lowest BCUT2D eigenvalue weighted by Crippen LogP contribution is -2.53. The Kier molecular flexibility index (Phi) is 5.74. The van der Waals surface area contributed by atoms with Crippen molar-refractivity contribution in [1.29, 1.82) is 0 Å². The molecule has 3 aliphatic heterocycles. The third kappa shape index (κ3) is 4.73. The van der Waals surface area contributed by atoms with Gasteiger partial charge in [0.25, 0.3) is 0 Å². The maximum atomic E-state index is 12.5. The van der Waals surface area contributed by atoms with E-state index in [4.69, 9.17) is 4.74 Å². The molecule has 0 radical (unpaired) electrons. The number of hydrogen-bond acceptors (Lipinski definition) is 5. The van der Waals surface area contributed by atoms with E-state index in [1.165, 1.54) is 17.3 Å². The van der Waals surface area contributed by atoms with E-state index in [0.29, 0.717) is 18.1 Å². The number of fused-ring (bicyclic) bond motifs is 2. The molecule has 0 spiro atoms. The van der Waals surface area contributed by atoms with Crippen molar-refractivity contribution in [3.63, 3.8) is 0 Å². The van der Waals surface area contributed by atoms with Crippen LogP contribution in [0.3, 0.4) is 0 Å². The molecule has 23 heavy (non-hydrogen) atoms. The van der Waals surface area contributed by atoms with Crippen LogP contribution in [-0.2, 0) is 4.74 Å². The molecule has 3 unspecified atom stereocenters. The minimum atomic E-state index is -0.401. The Hall–Kier alpha value is -0.0700. The first-order valence-corrected chi connectivity index (χ1v) is 11.1. The minimum absolute atomic E-state index is 0.109. The molecule has 0 aromatic rings. The predicted octanol–water partition coefficient (Wildman–Crippen LogP) is 3.36. The van der Waals surface area contributed by atoms with Gasteiger partial charge in [0.1, 0.15) is 5.60 Å². The van der Waals surface area contributed by atoms with Crippen molar-refractivity contribution in [2.45, 2.75) is 75.4 Å². The van der Waals surface area contributed by atoms with Gasteiger partial charge in [-0.3, -0.25) is 0 Å². The zero-order valence-corrected chi connectivity index (χ0v) is 16.2. The SMILES string of the molecule is CC(C)(C)OC(=O)N1C2CCC1CC(NCC1CSCCS1)C2. The lowest BCUT2D eigenvalue weighted by molar-refractivity contribution is 0.00478. The number of nitrogens with zero attached hydrogens (tertiary/aromatic N) is 1. The summed E-state index contributed by atoms with van der Waals surface area (Å²) >= 11 is 4.20. The van der Waals surface area contributed by atoms with Crippen LogP contribution in [0.4, 0.5) is 4.79 Å². The third-order valence-corrected chi connectivity index (χ3v) is 7.70. The highest BCUT2D eigenvalue weighted by molar-refractivity contribution is 8.06. The second-order valence-electron chi connectivity index (χ2n) is 7.92. The molecular formula is C17H30N2O2S2. The van der Waals surface area contributed by atoms with Crippen LogP contribution in [0.5, 0.6) is 0 Å². The molecule has 3 rings (SSSR count). The summed E-state index contributed by atoms with van der Waals surface area (Å²) in [7, 11) is 0. The van der Waals surface area contributed by atoms with Crippen LogP contribution < -0.4 is 5.32 Å². The molecule has 0 aliphatic carbocycles. The third-order valence-electron chi connectivity index (χ3n) is 4.86. The van der Waals surface area contributed by atoms with Gasteiger partial charge >= 0.3 is 6.09 Å². The number of ether oxygens (including phenoxy) is 1. The molecule has 0 aromatic carbocycles. The second kappa shape index (κ2) is 7.44. The van der Waals surface area contributed by atoms with Crippen LogP contribution in [0.1, 0.15) is 46.5 Å². The van der Waals surface area contributed by atoms with E-state index in [9.17, 15) is 4.79 Å². The van der Waals surface area contributed by atoms with Gasteiger partial charge in [-0.05, 0) is 46.5 Å². The number of amides is 1. The van der Waals surface area contributed by atoms with Crippen molar-refractivity contribution >= 4 is 29.6 Å². The molecule has 4 nitrogen and oxygen atoms in total. The van der Waals surface area contributed by atoms with Gasteiger partial charge < -0.3 is 15.0 Å². The lowest BCUT2D eigenvalue weighted by atomic mass is 9.97. The van der Waals surface area contributed by atoms with Crippen LogP contribution in [0.2, 0.25) is 0 Å². The van der Waals surface area contributed by atoms with Crippen LogP contribution in [0.15, 0.2) is 0 Å².